The monoisotopic (exact) mass is 387 g/mol. The number of nitrogens with one attached hydrogen (secondary N) is 1. The van der Waals surface area contributed by atoms with Crippen LogP contribution in [0.1, 0.15) is 16.8 Å². The number of rotatable bonds is 7. The van der Waals surface area contributed by atoms with Crippen molar-refractivity contribution in [1.82, 2.24) is 9.80 Å². The Labute approximate surface area is 165 Å². The van der Waals surface area contributed by atoms with E-state index in [4.69, 9.17) is 16.3 Å². The summed E-state index contributed by atoms with van der Waals surface area (Å²) in [5.74, 6) is 0.635. The molecule has 1 amide bonds. The van der Waals surface area contributed by atoms with Gasteiger partial charge >= 0.3 is 0 Å². The third-order valence-corrected chi connectivity index (χ3v) is 4.95. The highest BCUT2D eigenvalue weighted by atomic mass is 35.5. The molecule has 1 N–H and O–H groups in total. The molecule has 1 saturated heterocycles. The number of carbonyl (C=O) groups is 1. The number of hydrogen-bond donors (Lipinski definition) is 1. The van der Waals surface area contributed by atoms with Gasteiger partial charge in [0, 0.05) is 49.0 Å². The molecule has 1 aliphatic rings. The van der Waals surface area contributed by atoms with Crippen LogP contribution in [0, 0.1) is 0 Å². The van der Waals surface area contributed by atoms with E-state index in [1.165, 1.54) is 0 Å². The summed E-state index contributed by atoms with van der Waals surface area (Å²) in [4.78, 5) is 17.1. The summed E-state index contributed by atoms with van der Waals surface area (Å²) >= 11 is 5.85. The van der Waals surface area contributed by atoms with Crippen LogP contribution in [-0.2, 0) is 0 Å². The molecule has 2 aromatic rings. The third-order valence-electron chi connectivity index (χ3n) is 4.70. The number of benzene rings is 2. The maximum absolute atomic E-state index is 12.3. The minimum absolute atomic E-state index is 0.154. The first-order chi connectivity index (χ1) is 13.1. The van der Waals surface area contributed by atoms with Crippen molar-refractivity contribution in [2.75, 3.05) is 51.7 Å². The van der Waals surface area contributed by atoms with Gasteiger partial charge < -0.3 is 19.9 Å². The fraction of sp³-hybridized carbons (Fsp3) is 0.381. The summed E-state index contributed by atoms with van der Waals surface area (Å²) < 4.78 is 5.80. The Balaban J connectivity index is 1.40. The van der Waals surface area contributed by atoms with Gasteiger partial charge in [0.05, 0.1) is 6.61 Å². The summed E-state index contributed by atoms with van der Waals surface area (Å²) in [6, 6.07) is 14.3. The van der Waals surface area contributed by atoms with Crippen LogP contribution >= 0.6 is 11.6 Å². The number of nitrogens with zero attached hydrogens (tertiary/aromatic N) is 2. The fourth-order valence-electron chi connectivity index (χ4n) is 2.99. The van der Waals surface area contributed by atoms with Crippen molar-refractivity contribution in [3.8, 4) is 5.75 Å². The normalized spacial score (nSPS) is 15.5. The summed E-state index contributed by atoms with van der Waals surface area (Å²) in [6.07, 6.45) is 1.00. The molecular formula is C21H26ClN3O2. The standard InChI is InChI=1S/C21H26ClN3O2/c1-24-12-14-25(15-13-24)11-2-16-27-20-9-3-17(4-10-20)21(26)23-19-7-5-18(22)6-8-19/h3-10H,2,11-16H2,1H3,(H,23,26). The van der Waals surface area contributed by atoms with E-state index in [-0.39, 0.29) is 5.91 Å². The molecule has 5 nitrogen and oxygen atoms in total. The highest BCUT2D eigenvalue weighted by Crippen LogP contribution is 2.16. The average Bonchev–Trinajstić information content (AvgIpc) is 2.69. The van der Waals surface area contributed by atoms with Crippen LogP contribution < -0.4 is 10.1 Å². The van der Waals surface area contributed by atoms with Crippen LogP contribution in [0.5, 0.6) is 5.75 Å². The summed E-state index contributed by atoms with van der Waals surface area (Å²) in [5.41, 5.74) is 1.31. The Bertz CT molecular complexity index is 726. The van der Waals surface area contributed by atoms with Crippen molar-refractivity contribution in [3.63, 3.8) is 0 Å². The molecule has 0 radical (unpaired) electrons. The predicted octanol–water partition coefficient (Wildman–Crippen LogP) is 3.61. The van der Waals surface area contributed by atoms with Crippen LogP contribution in [-0.4, -0.2) is 62.1 Å². The molecule has 0 atom stereocenters. The van der Waals surface area contributed by atoms with Crippen molar-refractivity contribution >= 4 is 23.2 Å². The Morgan fingerprint density at radius 3 is 2.37 bits per heavy atom. The maximum Gasteiger partial charge on any atom is 0.255 e. The number of amides is 1. The summed E-state index contributed by atoms with van der Waals surface area (Å²) in [7, 11) is 2.17. The smallest absolute Gasteiger partial charge is 0.255 e. The molecule has 0 bridgehead atoms. The van der Waals surface area contributed by atoms with Crippen molar-refractivity contribution in [1.29, 1.82) is 0 Å². The van der Waals surface area contributed by atoms with Gasteiger partial charge in [-0.15, -0.1) is 0 Å². The second-order valence-corrected chi connectivity index (χ2v) is 7.27. The number of halogens is 1. The van der Waals surface area contributed by atoms with E-state index in [0.717, 1.165) is 44.9 Å². The number of hydrogen-bond acceptors (Lipinski definition) is 4. The first kappa shape index (κ1) is 19.7. The Hall–Kier alpha value is -2.08. The minimum atomic E-state index is -0.154. The highest BCUT2D eigenvalue weighted by Gasteiger charge is 2.13. The Morgan fingerprint density at radius 2 is 1.70 bits per heavy atom. The molecule has 6 heteroatoms. The lowest BCUT2D eigenvalue weighted by molar-refractivity contribution is 0.102. The van der Waals surface area contributed by atoms with E-state index < -0.39 is 0 Å². The first-order valence-corrected chi connectivity index (χ1v) is 9.68. The largest absolute Gasteiger partial charge is 0.494 e. The van der Waals surface area contributed by atoms with Crippen LogP contribution in [0.3, 0.4) is 0 Å². The van der Waals surface area contributed by atoms with E-state index in [2.05, 4.69) is 22.2 Å². The van der Waals surface area contributed by atoms with Gasteiger partial charge in [-0.2, -0.15) is 0 Å². The number of likely N-dealkylation sites (N-methyl/N-ethyl adjacent to an activating group) is 1. The lowest BCUT2D eigenvalue weighted by Crippen LogP contribution is -2.44. The number of ether oxygens (including phenoxy) is 1. The number of anilines is 1. The topological polar surface area (TPSA) is 44.8 Å². The summed E-state index contributed by atoms with van der Waals surface area (Å²) in [5, 5.41) is 3.49. The maximum atomic E-state index is 12.3. The van der Waals surface area contributed by atoms with Crippen molar-refractivity contribution in [3.05, 3.63) is 59.1 Å². The molecule has 0 spiro atoms. The van der Waals surface area contributed by atoms with E-state index in [9.17, 15) is 4.79 Å². The molecule has 2 aromatic carbocycles. The molecule has 1 heterocycles. The van der Waals surface area contributed by atoms with Gasteiger partial charge in [-0.25, -0.2) is 0 Å². The Morgan fingerprint density at radius 1 is 1.04 bits per heavy atom. The second-order valence-electron chi connectivity index (χ2n) is 6.83. The molecular weight excluding hydrogens is 362 g/mol. The zero-order chi connectivity index (χ0) is 19.1. The second kappa shape index (κ2) is 9.74. The quantitative estimate of drug-likeness (QED) is 0.737. The molecule has 1 fully saturated rings. The van der Waals surface area contributed by atoms with Gasteiger partial charge in [-0.3, -0.25) is 4.79 Å². The number of carbonyl (C=O) groups excluding carboxylic acids is 1. The van der Waals surface area contributed by atoms with Crippen LogP contribution in [0.25, 0.3) is 0 Å². The van der Waals surface area contributed by atoms with Crippen LogP contribution in [0.4, 0.5) is 5.69 Å². The SMILES string of the molecule is CN1CCN(CCCOc2ccc(C(=O)Nc3ccc(Cl)cc3)cc2)CC1. The first-order valence-electron chi connectivity index (χ1n) is 9.31. The van der Waals surface area contributed by atoms with Crippen molar-refractivity contribution in [2.24, 2.45) is 0 Å². The highest BCUT2D eigenvalue weighted by molar-refractivity contribution is 6.30. The van der Waals surface area contributed by atoms with Gasteiger partial charge in [0.2, 0.25) is 0 Å². The molecule has 0 aromatic heterocycles. The van der Waals surface area contributed by atoms with Gasteiger partial charge in [0.25, 0.3) is 5.91 Å². The lowest BCUT2D eigenvalue weighted by atomic mass is 10.2. The molecule has 27 heavy (non-hydrogen) atoms. The fourth-order valence-corrected chi connectivity index (χ4v) is 3.11. The van der Waals surface area contributed by atoms with Crippen LogP contribution in [0.2, 0.25) is 5.02 Å². The predicted molar refractivity (Wildman–Crippen MR) is 110 cm³/mol. The molecule has 0 saturated carbocycles. The minimum Gasteiger partial charge on any atom is -0.494 e. The summed E-state index contributed by atoms with van der Waals surface area (Å²) in [6.45, 7) is 6.29. The third kappa shape index (κ3) is 6.24. The zero-order valence-electron chi connectivity index (χ0n) is 15.7. The zero-order valence-corrected chi connectivity index (χ0v) is 16.4. The van der Waals surface area contributed by atoms with Crippen LogP contribution in [0.15, 0.2) is 48.5 Å². The van der Waals surface area contributed by atoms with Gasteiger partial charge in [0.15, 0.2) is 0 Å². The molecule has 3 rings (SSSR count). The van der Waals surface area contributed by atoms with Gasteiger partial charge in [-0.05, 0) is 62.0 Å². The van der Waals surface area contributed by atoms with E-state index in [0.29, 0.717) is 22.9 Å². The van der Waals surface area contributed by atoms with E-state index >= 15 is 0 Å². The Kier molecular flexibility index (Phi) is 7.10. The average molecular weight is 388 g/mol. The molecule has 144 valence electrons. The van der Waals surface area contributed by atoms with Crippen molar-refractivity contribution < 1.29 is 9.53 Å². The van der Waals surface area contributed by atoms with Gasteiger partial charge in [0.1, 0.15) is 5.75 Å². The molecule has 0 aliphatic carbocycles. The molecule has 1 aliphatic heterocycles. The van der Waals surface area contributed by atoms with Gasteiger partial charge in [-0.1, -0.05) is 11.6 Å². The van der Waals surface area contributed by atoms with E-state index in [1.54, 1.807) is 36.4 Å². The number of piperazine rings is 1. The van der Waals surface area contributed by atoms with E-state index in [1.807, 2.05) is 12.1 Å². The van der Waals surface area contributed by atoms with Crippen molar-refractivity contribution in [2.45, 2.75) is 6.42 Å². The lowest BCUT2D eigenvalue weighted by Gasteiger charge is -2.32. The molecule has 0 unspecified atom stereocenters.